The molecule has 5 nitrogen and oxygen atoms in total. The third-order valence-corrected chi connectivity index (χ3v) is 5.40. The molecule has 2 heterocycles. The minimum atomic E-state index is -1.03. The number of carbonyl (C=O) groups is 2. The Kier molecular flexibility index (Phi) is 4.12. The van der Waals surface area contributed by atoms with Crippen LogP contribution in [-0.2, 0) is 16.1 Å². The lowest BCUT2D eigenvalue weighted by Gasteiger charge is -2.13. The summed E-state index contributed by atoms with van der Waals surface area (Å²) < 4.78 is 3.36. The SMILES string of the molecule is C=c1/c(=C2\SCC(=O)N2CC(=O)O)sc(=S)n1CC. The van der Waals surface area contributed by atoms with Gasteiger partial charge in [0.15, 0.2) is 3.95 Å². The number of rotatable bonds is 3. The number of hydrogen-bond donors (Lipinski definition) is 1. The lowest BCUT2D eigenvalue weighted by Crippen LogP contribution is -2.36. The molecule has 0 unspecified atom stereocenters. The first-order valence-corrected chi connectivity index (χ1v) is 7.74. The van der Waals surface area contributed by atoms with Gasteiger partial charge in [-0.05, 0) is 19.1 Å². The summed E-state index contributed by atoms with van der Waals surface area (Å²) in [6, 6.07) is 0. The third kappa shape index (κ3) is 2.60. The Morgan fingerprint density at radius 1 is 1.58 bits per heavy atom. The van der Waals surface area contributed by atoms with Crippen molar-refractivity contribution in [2.45, 2.75) is 13.5 Å². The molecule has 0 radical (unpaired) electrons. The van der Waals surface area contributed by atoms with E-state index in [4.69, 9.17) is 17.3 Å². The van der Waals surface area contributed by atoms with Crippen molar-refractivity contribution in [3.8, 4) is 0 Å². The molecule has 2 rings (SSSR count). The quantitative estimate of drug-likeness (QED) is 0.820. The van der Waals surface area contributed by atoms with Crippen LogP contribution in [0.15, 0.2) is 0 Å². The zero-order valence-electron chi connectivity index (χ0n) is 10.2. The first-order chi connectivity index (χ1) is 8.95. The van der Waals surface area contributed by atoms with Gasteiger partial charge in [-0.15, -0.1) is 11.3 Å². The predicted molar refractivity (Wildman–Crippen MR) is 78.8 cm³/mol. The number of carbonyl (C=O) groups excluding carboxylic acids is 1. The molecule has 1 fully saturated rings. The molecule has 1 aromatic rings. The molecule has 8 heteroatoms. The smallest absolute Gasteiger partial charge is 0.323 e. The number of hydrogen-bond acceptors (Lipinski definition) is 5. The molecule has 19 heavy (non-hydrogen) atoms. The van der Waals surface area contributed by atoms with Crippen molar-refractivity contribution in [3.63, 3.8) is 0 Å². The average molecular weight is 316 g/mol. The van der Waals surface area contributed by atoms with Gasteiger partial charge in [-0.3, -0.25) is 14.5 Å². The van der Waals surface area contributed by atoms with Gasteiger partial charge in [-0.25, -0.2) is 0 Å². The topological polar surface area (TPSA) is 62.5 Å². The second-order valence-electron chi connectivity index (χ2n) is 3.86. The van der Waals surface area contributed by atoms with Crippen molar-refractivity contribution >= 4 is 58.8 Å². The fourth-order valence-electron chi connectivity index (χ4n) is 1.80. The maximum Gasteiger partial charge on any atom is 0.323 e. The van der Waals surface area contributed by atoms with Crippen LogP contribution in [-0.4, -0.2) is 38.7 Å². The molecule has 0 atom stereocenters. The first-order valence-electron chi connectivity index (χ1n) is 5.53. The zero-order valence-corrected chi connectivity index (χ0v) is 12.7. The zero-order chi connectivity index (χ0) is 14.2. The molecule has 0 bridgehead atoms. The Bertz CT molecular complexity index is 704. The van der Waals surface area contributed by atoms with Crippen molar-refractivity contribution in [1.82, 2.24) is 9.47 Å². The minimum Gasteiger partial charge on any atom is -0.480 e. The highest BCUT2D eigenvalue weighted by Crippen LogP contribution is 2.28. The Morgan fingerprint density at radius 2 is 2.26 bits per heavy atom. The maximum atomic E-state index is 11.7. The van der Waals surface area contributed by atoms with Crippen molar-refractivity contribution in [1.29, 1.82) is 0 Å². The van der Waals surface area contributed by atoms with Gasteiger partial charge in [0, 0.05) is 6.54 Å². The van der Waals surface area contributed by atoms with Crippen LogP contribution in [0.1, 0.15) is 6.92 Å². The van der Waals surface area contributed by atoms with Crippen LogP contribution >= 0.6 is 35.3 Å². The number of carboxylic acids is 1. The second kappa shape index (κ2) is 5.48. The number of carboxylic acid groups (broad SMARTS) is 1. The molecule has 0 aliphatic carbocycles. The summed E-state index contributed by atoms with van der Waals surface area (Å²) in [5.74, 6) is -0.958. The van der Waals surface area contributed by atoms with Crippen LogP contribution in [0.5, 0.6) is 0 Å². The van der Waals surface area contributed by atoms with E-state index in [1.54, 1.807) is 0 Å². The van der Waals surface area contributed by atoms with Gasteiger partial charge < -0.3 is 9.67 Å². The van der Waals surface area contributed by atoms with Crippen LogP contribution in [0.3, 0.4) is 0 Å². The fourth-order valence-corrected chi connectivity index (χ4v) is 4.53. The number of aliphatic carboxylic acids is 1. The Morgan fingerprint density at radius 3 is 2.79 bits per heavy atom. The van der Waals surface area contributed by atoms with Crippen molar-refractivity contribution in [3.05, 3.63) is 13.8 Å². The predicted octanol–water partition coefficient (Wildman–Crippen LogP) is 0.435. The largest absolute Gasteiger partial charge is 0.480 e. The van der Waals surface area contributed by atoms with Crippen LogP contribution in [0, 0.1) is 3.95 Å². The molecule has 1 aliphatic rings. The van der Waals surface area contributed by atoms with Crippen LogP contribution in [0.2, 0.25) is 0 Å². The summed E-state index contributed by atoms with van der Waals surface area (Å²) in [4.78, 5) is 23.9. The molecule has 102 valence electrons. The van der Waals surface area contributed by atoms with Gasteiger partial charge in [-0.1, -0.05) is 18.3 Å². The molecular weight excluding hydrogens is 304 g/mol. The monoisotopic (exact) mass is 316 g/mol. The molecule has 0 saturated carbocycles. The number of amides is 1. The Hall–Kier alpha value is -1.12. The molecule has 1 saturated heterocycles. The van der Waals surface area contributed by atoms with Crippen LogP contribution in [0.4, 0.5) is 0 Å². The van der Waals surface area contributed by atoms with Crippen molar-refractivity contribution in [2.75, 3.05) is 12.3 Å². The van der Waals surface area contributed by atoms with Gasteiger partial charge >= 0.3 is 5.97 Å². The maximum absolute atomic E-state index is 11.7. The first kappa shape index (κ1) is 14.3. The lowest BCUT2D eigenvalue weighted by molar-refractivity contribution is -0.141. The molecule has 1 N–H and O–H groups in total. The Labute approximate surface area is 122 Å². The highest BCUT2D eigenvalue weighted by molar-refractivity contribution is 8.09. The van der Waals surface area contributed by atoms with E-state index in [-0.39, 0.29) is 18.2 Å². The Balaban J connectivity index is 2.64. The van der Waals surface area contributed by atoms with E-state index in [0.717, 1.165) is 9.88 Å². The van der Waals surface area contributed by atoms with Crippen LogP contribution < -0.4 is 9.88 Å². The third-order valence-electron chi connectivity index (χ3n) is 2.68. The van der Waals surface area contributed by atoms with Gasteiger partial charge in [0.2, 0.25) is 5.91 Å². The molecular formula is C11H12N2O3S3. The molecule has 1 amide bonds. The van der Waals surface area contributed by atoms with E-state index in [1.807, 2.05) is 11.5 Å². The summed E-state index contributed by atoms with van der Waals surface area (Å²) >= 11 is 7.96. The minimum absolute atomic E-state index is 0.191. The number of thiazole rings is 1. The summed E-state index contributed by atoms with van der Waals surface area (Å²) in [5.41, 5.74) is 0. The van der Waals surface area contributed by atoms with E-state index in [9.17, 15) is 9.59 Å². The van der Waals surface area contributed by atoms with E-state index < -0.39 is 5.97 Å². The second-order valence-corrected chi connectivity index (χ2v) is 6.46. The molecule has 1 aromatic heterocycles. The van der Waals surface area contributed by atoms with E-state index >= 15 is 0 Å². The number of nitrogens with zero attached hydrogens (tertiary/aromatic N) is 2. The molecule has 1 aliphatic heterocycles. The molecule has 0 spiro atoms. The lowest BCUT2D eigenvalue weighted by atomic mass is 10.5. The van der Waals surface area contributed by atoms with Gasteiger partial charge in [0.05, 0.1) is 20.7 Å². The highest BCUT2D eigenvalue weighted by Gasteiger charge is 2.29. The van der Waals surface area contributed by atoms with Gasteiger partial charge in [0.25, 0.3) is 0 Å². The standard InChI is InChI=1S/C11H12N2O3S3/c1-3-12-6(2)9(19-11(12)17)10-13(4-8(15)16)7(14)5-18-10/h2-5H2,1H3,(H,15,16)/b10-9+. The number of thioether (sulfide) groups is 1. The average Bonchev–Trinajstić information content (AvgIpc) is 2.81. The summed E-state index contributed by atoms with van der Waals surface area (Å²) in [6.45, 7) is 6.33. The van der Waals surface area contributed by atoms with Crippen molar-refractivity contribution < 1.29 is 14.7 Å². The number of aromatic nitrogens is 1. The van der Waals surface area contributed by atoms with E-state index in [1.165, 1.54) is 28.0 Å². The van der Waals surface area contributed by atoms with Crippen LogP contribution in [0.25, 0.3) is 11.6 Å². The van der Waals surface area contributed by atoms with E-state index in [0.29, 0.717) is 15.5 Å². The summed E-state index contributed by atoms with van der Waals surface area (Å²) in [5, 5.41) is 10.3. The summed E-state index contributed by atoms with van der Waals surface area (Å²) in [6.07, 6.45) is 0. The summed E-state index contributed by atoms with van der Waals surface area (Å²) in [7, 11) is 0. The van der Waals surface area contributed by atoms with Gasteiger partial charge in [0.1, 0.15) is 6.54 Å². The fraction of sp³-hybridized carbons (Fsp3) is 0.364. The normalized spacial score (nSPS) is 18.2. The highest BCUT2D eigenvalue weighted by atomic mass is 32.2. The van der Waals surface area contributed by atoms with E-state index in [2.05, 4.69) is 6.58 Å². The molecule has 0 aromatic carbocycles. The van der Waals surface area contributed by atoms with Crippen molar-refractivity contribution in [2.24, 2.45) is 0 Å². The van der Waals surface area contributed by atoms with Gasteiger partial charge in [-0.2, -0.15) is 0 Å².